The SMILES string of the molecule is CC(OC(=O)c1cc(-c2ccc(Cl)s2)nc2ccccc12)C(=O)NC12CC3CC(CC(C3)C1)C2. The average molecular weight is 495 g/mol. The molecule has 0 aliphatic heterocycles. The maximum absolute atomic E-state index is 13.3. The molecule has 0 saturated heterocycles. The molecule has 1 N–H and O–H groups in total. The number of esters is 1. The summed E-state index contributed by atoms with van der Waals surface area (Å²) in [6.07, 6.45) is 6.26. The molecule has 176 valence electrons. The van der Waals surface area contributed by atoms with E-state index in [-0.39, 0.29) is 11.4 Å². The Morgan fingerprint density at radius 3 is 2.41 bits per heavy atom. The average Bonchev–Trinajstić information content (AvgIpc) is 3.23. The van der Waals surface area contributed by atoms with Gasteiger partial charge in [-0.3, -0.25) is 4.79 Å². The number of halogens is 1. The fourth-order valence-corrected chi connectivity index (χ4v) is 7.83. The first-order chi connectivity index (χ1) is 16.4. The lowest BCUT2D eigenvalue weighted by Gasteiger charge is -2.57. The number of para-hydroxylation sites is 1. The second kappa shape index (κ2) is 8.35. The molecule has 7 rings (SSSR count). The lowest BCUT2D eigenvalue weighted by molar-refractivity contribution is -0.134. The Labute approximate surface area is 207 Å². The number of carbonyl (C=O) groups is 2. The molecule has 1 atom stereocenters. The number of hydrogen-bond donors (Lipinski definition) is 1. The van der Waals surface area contributed by atoms with Gasteiger partial charge in [0.1, 0.15) is 0 Å². The number of ether oxygens (including phenoxy) is 1. The first-order valence-electron chi connectivity index (χ1n) is 12.1. The molecule has 4 aliphatic rings. The van der Waals surface area contributed by atoms with E-state index in [1.807, 2.05) is 36.4 Å². The first kappa shape index (κ1) is 22.1. The van der Waals surface area contributed by atoms with Gasteiger partial charge in [-0.1, -0.05) is 29.8 Å². The summed E-state index contributed by atoms with van der Waals surface area (Å²) in [6.45, 7) is 1.66. The summed E-state index contributed by atoms with van der Waals surface area (Å²) in [4.78, 5) is 32.0. The number of fused-ring (bicyclic) bond motifs is 1. The van der Waals surface area contributed by atoms with Gasteiger partial charge in [0.15, 0.2) is 6.10 Å². The van der Waals surface area contributed by atoms with E-state index in [0.29, 0.717) is 26.5 Å². The normalized spacial score (nSPS) is 28.1. The largest absolute Gasteiger partial charge is 0.449 e. The van der Waals surface area contributed by atoms with E-state index in [2.05, 4.69) is 5.32 Å². The van der Waals surface area contributed by atoms with Gasteiger partial charge in [0.25, 0.3) is 5.91 Å². The van der Waals surface area contributed by atoms with Crippen LogP contribution in [-0.2, 0) is 9.53 Å². The van der Waals surface area contributed by atoms with E-state index in [4.69, 9.17) is 21.3 Å². The lowest BCUT2D eigenvalue weighted by atomic mass is 9.53. The molecular weight excluding hydrogens is 468 g/mol. The van der Waals surface area contributed by atoms with Crippen LogP contribution in [0, 0.1) is 17.8 Å². The zero-order chi connectivity index (χ0) is 23.4. The number of carbonyl (C=O) groups excluding carboxylic acids is 2. The number of nitrogens with one attached hydrogen (secondary N) is 1. The van der Waals surface area contributed by atoms with Gasteiger partial charge in [0.05, 0.1) is 26.0 Å². The van der Waals surface area contributed by atoms with E-state index in [1.165, 1.54) is 30.6 Å². The van der Waals surface area contributed by atoms with Crippen LogP contribution in [0.5, 0.6) is 0 Å². The number of aromatic nitrogens is 1. The summed E-state index contributed by atoms with van der Waals surface area (Å²) in [7, 11) is 0. The summed E-state index contributed by atoms with van der Waals surface area (Å²) in [5, 5.41) is 4.02. The fraction of sp³-hybridized carbons (Fsp3) is 0.444. The number of pyridine rings is 1. The summed E-state index contributed by atoms with van der Waals surface area (Å²) >= 11 is 7.52. The van der Waals surface area contributed by atoms with Gasteiger partial charge in [-0.15, -0.1) is 11.3 Å². The molecule has 0 radical (unpaired) electrons. The highest BCUT2D eigenvalue weighted by molar-refractivity contribution is 7.19. The Morgan fingerprint density at radius 1 is 1.09 bits per heavy atom. The lowest BCUT2D eigenvalue weighted by Crippen LogP contribution is -2.61. The monoisotopic (exact) mass is 494 g/mol. The Hall–Kier alpha value is -2.44. The minimum absolute atomic E-state index is 0.110. The third kappa shape index (κ3) is 4.01. The van der Waals surface area contributed by atoms with Crippen molar-refractivity contribution < 1.29 is 14.3 Å². The van der Waals surface area contributed by atoms with Crippen LogP contribution in [0.15, 0.2) is 42.5 Å². The standard InChI is InChI=1S/C27H27ClN2O3S/c1-15(25(31)30-27-12-16-8-17(13-27)10-18(9-16)14-27)33-26(32)20-11-22(23-6-7-24(28)34-23)29-21-5-3-2-4-19(20)21/h2-7,11,15-18H,8-10,12-14H2,1H3,(H,30,31). The highest BCUT2D eigenvalue weighted by atomic mass is 35.5. The Balaban J connectivity index is 1.22. The number of nitrogens with zero attached hydrogens (tertiary/aromatic N) is 1. The molecule has 5 nitrogen and oxygen atoms in total. The van der Waals surface area contributed by atoms with Crippen molar-refractivity contribution >= 4 is 45.7 Å². The molecule has 1 unspecified atom stereocenters. The molecule has 4 bridgehead atoms. The van der Waals surface area contributed by atoms with Gasteiger partial charge < -0.3 is 10.1 Å². The van der Waals surface area contributed by atoms with Gasteiger partial charge >= 0.3 is 5.97 Å². The van der Waals surface area contributed by atoms with Crippen LogP contribution in [0.1, 0.15) is 55.8 Å². The van der Waals surface area contributed by atoms with E-state index >= 15 is 0 Å². The van der Waals surface area contributed by atoms with Crippen LogP contribution < -0.4 is 5.32 Å². The second-order valence-corrected chi connectivity index (χ2v) is 12.1. The maximum Gasteiger partial charge on any atom is 0.339 e. The second-order valence-electron chi connectivity index (χ2n) is 10.4. The van der Waals surface area contributed by atoms with Crippen LogP contribution in [-0.4, -0.2) is 28.5 Å². The third-order valence-electron chi connectivity index (χ3n) is 7.84. The van der Waals surface area contributed by atoms with Crippen molar-refractivity contribution in [2.24, 2.45) is 17.8 Å². The molecule has 34 heavy (non-hydrogen) atoms. The molecule has 2 heterocycles. The number of benzene rings is 1. The molecule has 1 amide bonds. The third-order valence-corrected chi connectivity index (χ3v) is 9.10. The van der Waals surface area contributed by atoms with Gasteiger partial charge in [0.2, 0.25) is 0 Å². The Kier molecular flexibility index (Phi) is 5.41. The van der Waals surface area contributed by atoms with Crippen LogP contribution in [0.3, 0.4) is 0 Å². The van der Waals surface area contributed by atoms with Gasteiger partial charge in [-0.25, -0.2) is 9.78 Å². The first-order valence-corrected chi connectivity index (χ1v) is 13.3. The predicted octanol–water partition coefficient (Wildman–Crippen LogP) is 6.25. The van der Waals surface area contributed by atoms with Crippen LogP contribution >= 0.6 is 22.9 Å². The van der Waals surface area contributed by atoms with E-state index in [0.717, 1.165) is 41.9 Å². The van der Waals surface area contributed by atoms with Gasteiger partial charge in [-0.05, 0) is 87.5 Å². The molecule has 7 heteroatoms. The summed E-state index contributed by atoms with van der Waals surface area (Å²) in [6, 6.07) is 12.9. The van der Waals surface area contributed by atoms with Crippen LogP contribution in [0.25, 0.3) is 21.5 Å². The fourth-order valence-electron chi connectivity index (χ4n) is 6.83. The van der Waals surface area contributed by atoms with Gasteiger partial charge in [0, 0.05) is 10.9 Å². The quantitative estimate of drug-likeness (QED) is 0.426. The van der Waals surface area contributed by atoms with E-state index in [9.17, 15) is 9.59 Å². The van der Waals surface area contributed by atoms with Crippen molar-refractivity contribution in [3.8, 4) is 10.6 Å². The van der Waals surface area contributed by atoms with Crippen molar-refractivity contribution in [2.45, 2.75) is 57.1 Å². The molecule has 3 aromatic rings. The van der Waals surface area contributed by atoms with Gasteiger partial charge in [-0.2, -0.15) is 0 Å². The molecule has 2 aromatic heterocycles. The number of rotatable bonds is 5. The van der Waals surface area contributed by atoms with Crippen molar-refractivity contribution in [1.82, 2.24) is 10.3 Å². The minimum Gasteiger partial charge on any atom is -0.449 e. The summed E-state index contributed by atoms with van der Waals surface area (Å²) < 4.78 is 6.37. The zero-order valence-electron chi connectivity index (χ0n) is 19.1. The summed E-state index contributed by atoms with van der Waals surface area (Å²) in [5.74, 6) is 1.49. The number of thiophene rings is 1. The van der Waals surface area contributed by atoms with Crippen molar-refractivity contribution in [3.63, 3.8) is 0 Å². The van der Waals surface area contributed by atoms with E-state index < -0.39 is 12.1 Å². The topological polar surface area (TPSA) is 68.3 Å². The molecule has 4 saturated carbocycles. The Morgan fingerprint density at radius 2 is 1.76 bits per heavy atom. The predicted molar refractivity (Wildman–Crippen MR) is 134 cm³/mol. The molecule has 4 fully saturated rings. The van der Waals surface area contributed by atoms with Crippen LogP contribution in [0.4, 0.5) is 0 Å². The number of hydrogen-bond acceptors (Lipinski definition) is 5. The smallest absolute Gasteiger partial charge is 0.339 e. The number of amides is 1. The molecule has 4 aliphatic carbocycles. The minimum atomic E-state index is -0.868. The Bertz CT molecular complexity index is 1250. The van der Waals surface area contributed by atoms with Crippen LogP contribution in [0.2, 0.25) is 4.34 Å². The van der Waals surface area contributed by atoms with Crippen molar-refractivity contribution in [1.29, 1.82) is 0 Å². The molecule has 0 spiro atoms. The zero-order valence-corrected chi connectivity index (χ0v) is 20.6. The highest BCUT2D eigenvalue weighted by Crippen LogP contribution is 2.55. The van der Waals surface area contributed by atoms with Crippen molar-refractivity contribution in [2.75, 3.05) is 0 Å². The molecular formula is C27H27ClN2O3S. The van der Waals surface area contributed by atoms with Crippen molar-refractivity contribution in [3.05, 3.63) is 52.4 Å². The maximum atomic E-state index is 13.3. The van der Waals surface area contributed by atoms with E-state index in [1.54, 1.807) is 13.0 Å². The highest BCUT2D eigenvalue weighted by Gasteiger charge is 2.51. The summed E-state index contributed by atoms with van der Waals surface area (Å²) in [5.41, 5.74) is 1.65. The molecule has 1 aromatic carbocycles.